The molecule has 0 bridgehead atoms. The van der Waals surface area contributed by atoms with E-state index in [2.05, 4.69) is 18.2 Å². The molecule has 0 saturated heterocycles. The topological polar surface area (TPSA) is 26.3 Å². The second kappa shape index (κ2) is 5.15. The molecule has 0 fully saturated rings. The second-order valence-electron chi connectivity index (χ2n) is 4.40. The molecule has 1 aromatic carbocycles. The number of carbonyl (C=O) groups is 1. The molecule has 2 heteroatoms. The van der Waals surface area contributed by atoms with Crippen LogP contribution < -0.4 is 0 Å². The van der Waals surface area contributed by atoms with Crippen LogP contribution in [0.1, 0.15) is 36.5 Å². The fourth-order valence-corrected chi connectivity index (χ4v) is 2.05. The number of fused-ring (bicyclic) bond motifs is 1. The van der Waals surface area contributed by atoms with Gasteiger partial charge in [-0.2, -0.15) is 0 Å². The van der Waals surface area contributed by atoms with Gasteiger partial charge in [-0.05, 0) is 48.8 Å². The van der Waals surface area contributed by atoms with Gasteiger partial charge in [-0.25, -0.2) is 0 Å². The van der Waals surface area contributed by atoms with Crippen molar-refractivity contribution >= 4 is 5.97 Å². The lowest BCUT2D eigenvalue weighted by Gasteiger charge is -2.19. The standard InChI is InChI=1S/C14H18O2/c1-11(15)16-9-3-2-4-12-5-6-13-7-8-14(13)10-12/h5-6,10H,2-4,7-9H2,1H3. The first-order chi connectivity index (χ1) is 7.75. The van der Waals surface area contributed by atoms with Crippen molar-refractivity contribution in [1.29, 1.82) is 0 Å². The minimum Gasteiger partial charge on any atom is -0.466 e. The molecule has 0 aromatic heterocycles. The van der Waals surface area contributed by atoms with Gasteiger partial charge in [0.2, 0.25) is 0 Å². The van der Waals surface area contributed by atoms with Gasteiger partial charge in [-0.15, -0.1) is 0 Å². The fourth-order valence-electron chi connectivity index (χ4n) is 2.05. The Hall–Kier alpha value is -1.31. The van der Waals surface area contributed by atoms with E-state index in [9.17, 15) is 4.79 Å². The smallest absolute Gasteiger partial charge is 0.302 e. The van der Waals surface area contributed by atoms with Crippen molar-refractivity contribution in [2.45, 2.75) is 39.0 Å². The number of benzene rings is 1. The number of hydrogen-bond donors (Lipinski definition) is 0. The van der Waals surface area contributed by atoms with Gasteiger partial charge in [-0.3, -0.25) is 4.79 Å². The largest absolute Gasteiger partial charge is 0.466 e. The van der Waals surface area contributed by atoms with Crippen LogP contribution in [0.15, 0.2) is 18.2 Å². The van der Waals surface area contributed by atoms with Crippen LogP contribution in [-0.2, 0) is 28.8 Å². The van der Waals surface area contributed by atoms with Gasteiger partial charge in [0.25, 0.3) is 0 Å². The summed E-state index contributed by atoms with van der Waals surface area (Å²) in [5.74, 6) is -0.180. The van der Waals surface area contributed by atoms with E-state index in [0.29, 0.717) is 6.61 Å². The lowest BCUT2D eigenvalue weighted by atomic mass is 9.86. The molecule has 2 nitrogen and oxygen atoms in total. The molecule has 0 heterocycles. The number of aryl methyl sites for hydroxylation is 3. The van der Waals surface area contributed by atoms with Gasteiger partial charge >= 0.3 is 5.97 Å². The molecule has 1 aliphatic rings. The zero-order chi connectivity index (χ0) is 11.4. The Labute approximate surface area is 96.6 Å². The predicted molar refractivity (Wildman–Crippen MR) is 63.4 cm³/mol. The molecule has 0 spiro atoms. The monoisotopic (exact) mass is 218 g/mol. The first-order valence-corrected chi connectivity index (χ1v) is 6.00. The van der Waals surface area contributed by atoms with Crippen molar-refractivity contribution in [3.8, 4) is 0 Å². The van der Waals surface area contributed by atoms with Crippen LogP contribution in [0.2, 0.25) is 0 Å². The summed E-state index contributed by atoms with van der Waals surface area (Å²) in [5.41, 5.74) is 4.46. The predicted octanol–water partition coefficient (Wildman–Crippen LogP) is 2.67. The molecule has 0 N–H and O–H groups in total. The summed E-state index contributed by atoms with van der Waals surface area (Å²) >= 11 is 0. The summed E-state index contributed by atoms with van der Waals surface area (Å²) in [7, 11) is 0. The van der Waals surface area contributed by atoms with E-state index in [0.717, 1.165) is 19.3 Å². The van der Waals surface area contributed by atoms with Gasteiger partial charge in [0.1, 0.15) is 0 Å². The maximum absolute atomic E-state index is 10.5. The summed E-state index contributed by atoms with van der Waals surface area (Å²) < 4.78 is 4.89. The Kier molecular flexibility index (Phi) is 3.60. The highest BCUT2D eigenvalue weighted by Gasteiger charge is 2.12. The van der Waals surface area contributed by atoms with E-state index in [1.165, 1.54) is 36.5 Å². The van der Waals surface area contributed by atoms with Gasteiger partial charge in [0.15, 0.2) is 0 Å². The zero-order valence-corrected chi connectivity index (χ0v) is 9.79. The quantitative estimate of drug-likeness (QED) is 0.561. The van der Waals surface area contributed by atoms with Crippen LogP contribution in [-0.4, -0.2) is 12.6 Å². The third kappa shape index (κ3) is 2.84. The lowest BCUT2D eigenvalue weighted by Crippen LogP contribution is -2.08. The van der Waals surface area contributed by atoms with Gasteiger partial charge < -0.3 is 4.74 Å². The van der Waals surface area contributed by atoms with Crippen molar-refractivity contribution in [2.75, 3.05) is 6.61 Å². The van der Waals surface area contributed by atoms with Gasteiger partial charge in [0.05, 0.1) is 6.61 Å². The minimum atomic E-state index is -0.180. The molecule has 0 amide bonds. The van der Waals surface area contributed by atoms with Crippen LogP contribution in [0.5, 0.6) is 0 Å². The maximum Gasteiger partial charge on any atom is 0.302 e. The minimum absolute atomic E-state index is 0.180. The van der Waals surface area contributed by atoms with Crippen molar-refractivity contribution in [3.63, 3.8) is 0 Å². The Balaban J connectivity index is 1.69. The third-order valence-corrected chi connectivity index (χ3v) is 3.10. The molecule has 86 valence electrons. The summed E-state index contributed by atoms with van der Waals surface area (Å²) in [5, 5.41) is 0. The van der Waals surface area contributed by atoms with Crippen LogP contribution in [0.25, 0.3) is 0 Å². The summed E-state index contributed by atoms with van der Waals surface area (Å²) in [6.07, 6.45) is 5.63. The maximum atomic E-state index is 10.5. The lowest BCUT2D eigenvalue weighted by molar-refractivity contribution is -0.141. The average molecular weight is 218 g/mol. The Morgan fingerprint density at radius 2 is 2.06 bits per heavy atom. The number of ether oxygens (including phenoxy) is 1. The van der Waals surface area contributed by atoms with Crippen molar-refractivity contribution < 1.29 is 9.53 Å². The molecule has 2 rings (SSSR count). The zero-order valence-electron chi connectivity index (χ0n) is 9.79. The van der Waals surface area contributed by atoms with Crippen LogP contribution in [0.3, 0.4) is 0 Å². The molecule has 0 unspecified atom stereocenters. The average Bonchev–Trinajstić information content (AvgIpc) is 2.21. The molecule has 0 radical (unpaired) electrons. The Morgan fingerprint density at radius 1 is 1.25 bits per heavy atom. The first kappa shape index (κ1) is 11.2. The molecule has 0 atom stereocenters. The molecule has 1 aliphatic carbocycles. The number of unbranched alkanes of at least 4 members (excludes halogenated alkanes) is 1. The number of hydrogen-bond acceptors (Lipinski definition) is 2. The van der Waals surface area contributed by atoms with Crippen LogP contribution in [0.4, 0.5) is 0 Å². The third-order valence-electron chi connectivity index (χ3n) is 3.10. The molecule has 0 aliphatic heterocycles. The van der Waals surface area contributed by atoms with E-state index in [1.807, 2.05) is 0 Å². The van der Waals surface area contributed by atoms with E-state index in [1.54, 1.807) is 0 Å². The van der Waals surface area contributed by atoms with E-state index < -0.39 is 0 Å². The van der Waals surface area contributed by atoms with Crippen molar-refractivity contribution in [3.05, 3.63) is 34.9 Å². The van der Waals surface area contributed by atoms with Gasteiger partial charge in [0, 0.05) is 6.92 Å². The highest BCUT2D eigenvalue weighted by molar-refractivity contribution is 5.65. The SMILES string of the molecule is CC(=O)OCCCCc1ccc2c(c1)CC2. The van der Waals surface area contributed by atoms with Crippen molar-refractivity contribution in [2.24, 2.45) is 0 Å². The number of rotatable bonds is 5. The van der Waals surface area contributed by atoms with Crippen molar-refractivity contribution in [1.82, 2.24) is 0 Å². The van der Waals surface area contributed by atoms with E-state index in [-0.39, 0.29) is 5.97 Å². The highest BCUT2D eigenvalue weighted by Crippen LogP contribution is 2.24. The number of esters is 1. The number of carbonyl (C=O) groups excluding carboxylic acids is 1. The Morgan fingerprint density at radius 3 is 2.69 bits per heavy atom. The summed E-state index contributed by atoms with van der Waals surface area (Å²) in [6.45, 7) is 2.01. The molecule has 16 heavy (non-hydrogen) atoms. The summed E-state index contributed by atoms with van der Waals surface area (Å²) in [6, 6.07) is 6.80. The first-order valence-electron chi connectivity index (χ1n) is 6.00. The fraction of sp³-hybridized carbons (Fsp3) is 0.500. The molecular weight excluding hydrogens is 200 g/mol. The molecule has 1 aromatic rings. The van der Waals surface area contributed by atoms with Gasteiger partial charge in [-0.1, -0.05) is 18.2 Å². The van der Waals surface area contributed by atoms with E-state index >= 15 is 0 Å². The van der Waals surface area contributed by atoms with Crippen LogP contribution >= 0.6 is 0 Å². The highest BCUT2D eigenvalue weighted by atomic mass is 16.5. The molecular formula is C14H18O2. The molecule has 0 saturated carbocycles. The Bertz CT molecular complexity index is 382. The normalized spacial score (nSPS) is 12.8. The van der Waals surface area contributed by atoms with Crippen LogP contribution in [0, 0.1) is 0 Å². The second-order valence-corrected chi connectivity index (χ2v) is 4.40. The summed E-state index contributed by atoms with van der Waals surface area (Å²) in [4.78, 5) is 10.5. The van der Waals surface area contributed by atoms with E-state index in [4.69, 9.17) is 4.74 Å².